The van der Waals surface area contributed by atoms with Crippen LogP contribution in [0.5, 0.6) is 0 Å². The summed E-state index contributed by atoms with van der Waals surface area (Å²) in [6, 6.07) is 6.80. The van der Waals surface area contributed by atoms with Crippen LogP contribution in [0.3, 0.4) is 0 Å². The zero-order valence-electron chi connectivity index (χ0n) is 11.5. The van der Waals surface area contributed by atoms with E-state index in [0.717, 1.165) is 31.9 Å². The van der Waals surface area contributed by atoms with E-state index in [-0.39, 0.29) is 5.82 Å². The van der Waals surface area contributed by atoms with Crippen LogP contribution in [-0.4, -0.2) is 35.6 Å². The van der Waals surface area contributed by atoms with Gasteiger partial charge in [-0.25, -0.2) is 9.37 Å². The molecule has 106 valence electrons. The molecule has 1 N–H and O–H groups in total. The molecule has 0 bridgehead atoms. The number of halogens is 1. The van der Waals surface area contributed by atoms with Crippen molar-refractivity contribution in [3.8, 4) is 11.5 Å². The van der Waals surface area contributed by atoms with E-state index in [9.17, 15) is 4.39 Å². The Labute approximate surface area is 117 Å². The lowest BCUT2D eigenvalue weighted by atomic mass is 10.2. The number of hydrogen-bond acceptors (Lipinski definition) is 4. The van der Waals surface area contributed by atoms with Gasteiger partial charge in [0.2, 0.25) is 5.89 Å². The Bertz CT molecular complexity index is 584. The Balaban J connectivity index is 1.70. The van der Waals surface area contributed by atoms with Crippen LogP contribution >= 0.6 is 0 Å². The molecule has 2 heterocycles. The van der Waals surface area contributed by atoms with Crippen molar-refractivity contribution < 1.29 is 8.81 Å². The molecule has 20 heavy (non-hydrogen) atoms. The van der Waals surface area contributed by atoms with E-state index in [0.29, 0.717) is 17.5 Å². The van der Waals surface area contributed by atoms with Crippen molar-refractivity contribution in [1.29, 1.82) is 0 Å². The lowest BCUT2D eigenvalue weighted by Crippen LogP contribution is -2.48. The molecule has 1 fully saturated rings. The number of oxazole rings is 1. The predicted molar refractivity (Wildman–Crippen MR) is 74.6 cm³/mol. The highest BCUT2D eigenvalue weighted by molar-refractivity contribution is 5.52. The van der Waals surface area contributed by atoms with Gasteiger partial charge in [0.05, 0.1) is 5.69 Å². The van der Waals surface area contributed by atoms with Gasteiger partial charge in [0, 0.05) is 37.8 Å². The molecule has 1 aromatic carbocycles. The Hall–Kier alpha value is -1.72. The molecular formula is C15H18FN3O. The minimum absolute atomic E-state index is 0.279. The van der Waals surface area contributed by atoms with Gasteiger partial charge in [0.25, 0.3) is 0 Å². The van der Waals surface area contributed by atoms with Gasteiger partial charge < -0.3 is 9.73 Å². The van der Waals surface area contributed by atoms with Crippen molar-refractivity contribution in [3.63, 3.8) is 0 Å². The maximum Gasteiger partial charge on any atom is 0.226 e. The van der Waals surface area contributed by atoms with E-state index in [2.05, 4.69) is 22.1 Å². The fourth-order valence-electron chi connectivity index (χ4n) is 2.52. The minimum atomic E-state index is -0.279. The fraction of sp³-hybridized carbons (Fsp3) is 0.400. The summed E-state index contributed by atoms with van der Waals surface area (Å²) in [5, 5.41) is 3.41. The molecule has 0 radical (unpaired) electrons. The third kappa shape index (κ3) is 3.05. The second-order valence-corrected chi connectivity index (χ2v) is 5.24. The average Bonchev–Trinajstić information content (AvgIpc) is 2.87. The summed E-state index contributed by atoms with van der Waals surface area (Å²) in [5.74, 6) is 0.195. The molecule has 1 atom stereocenters. The van der Waals surface area contributed by atoms with Crippen LogP contribution in [0.2, 0.25) is 0 Å². The Morgan fingerprint density at radius 2 is 2.40 bits per heavy atom. The van der Waals surface area contributed by atoms with Gasteiger partial charge in [-0.2, -0.15) is 0 Å². The topological polar surface area (TPSA) is 41.3 Å². The Kier molecular flexibility index (Phi) is 3.80. The van der Waals surface area contributed by atoms with E-state index in [1.54, 1.807) is 18.4 Å². The molecule has 0 unspecified atom stereocenters. The first kappa shape index (κ1) is 13.3. The highest BCUT2D eigenvalue weighted by Crippen LogP contribution is 2.20. The second kappa shape index (κ2) is 5.73. The van der Waals surface area contributed by atoms with E-state index >= 15 is 0 Å². The van der Waals surface area contributed by atoms with Crippen LogP contribution in [0.4, 0.5) is 4.39 Å². The highest BCUT2D eigenvalue weighted by Gasteiger charge is 2.17. The van der Waals surface area contributed by atoms with Gasteiger partial charge in [-0.3, -0.25) is 4.90 Å². The molecule has 1 aliphatic heterocycles. The van der Waals surface area contributed by atoms with Crippen molar-refractivity contribution in [1.82, 2.24) is 15.2 Å². The molecule has 0 saturated carbocycles. The molecule has 0 aliphatic carbocycles. The SMILES string of the molecule is C[C@@H]1CN(Cc2coc(-c3cccc(F)c3)n2)CCN1. The molecule has 4 nitrogen and oxygen atoms in total. The van der Waals surface area contributed by atoms with Crippen molar-refractivity contribution in [2.75, 3.05) is 19.6 Å². The van der Waals surface area contributed by atoms with E-state index in [4.69, 9.17) is 4.42 Å². The maximum absolute atomic E-state index is 13.2. The first-order valence-corrected chi connectivity index (χ1v) is 6.87. The van der Waals surface area contributed by atoms with Gasteiger partial charge in [0.15, 0.2) is 0 Å². The van der Waals surface area contributed by atoms with Gasteiger partial charge in [-0.15, -0.1) is 0 Å². The molecule has 0 amide bonds. The highest BCUT2D eigenvalue weighted by atomic mass is 19.1. The third-order valence-electron chi connectivity index (χ3n) is 3.46. The summed E-state index contributed by atoms with van der Waals surface area (Å²) in [4.78, 5) is 6.79. The molecule has 1 aromatic heterocycles. The molecule has 0 spiro atoms. The number of piperazine rings is 1. The second-order valence-electron chi connectivity index (χ2n) is 5.24. The molecular weight excluding hydrogens is 257 g/mol. The van der Waals surface area contributed by atoms with Crippen LogP contribution < -0.4 is 5.32 Å². The van der Waals surface area contributed by atoms with Crippen molar-refractivity contribution in [2.45, 2.75) is 19.5 Å². The zero-order valence-corrected chi connectivity index (χ0v) is 11.5. The minimum Gasteiger partial charge on any atom is -0.444 e. The zero-order chi connectivity index (χ0) is 13.9. The lowest BCUT2D eigenvalue weighted by Gasteiger charge is -2.31. The molecule has 3 rings (SSSR count). The summed E-state index contributed by atoms with van der Waals surface area (Å²) in [7, 11) is 0. The standard InChI is InChI=1S/C15H18FN3O/c1-11-8-19(6-5-17-11)9-14-10-20-15(18-14)12-3-2-4-13(16)7-12/h2-4,7,10-11,17H,5-6,8-9H2,1H3/t11-/m1/s1. The smallest absolute Gasteiger partial charge is 0.226 e. The van der Waals surface area contributed by atoms with Crippen molar-refractivity contribution >= 4 is 0 Å². The summed E-state index contributed by atoms with van der Waals surface area (Å²) < 4.78 is 18.6. The van der Waals surface area contributed by atoms with Crippen LogP contribution in [0.1, 0.15) is 12.6 Å². The summed E-state index contributed by atoms with van der Waals surface area (Å²) in [5.41, 5.74) is 1.56. The number of hydrogen-bond donors (Lipinski definition) is 1. The normalized spacial score (nSPS) is 20.2. The van der Waals surface area contributed by atoms with Crippen molar-refractivity contribution in [2.24, 2.45) is 0 Å². The van der Waals surface area contributed by atoms with E-state index < -0.39 is 0 Å². The van der Waals surface area contributed by atoms with Gasteiger partial charge in [0.1, 0.15) is 12.1 Å². The quantitative estimate of drug-likeness (QED) is 0.933. The summed E-state index contributed by atoms with van der Waals surface area (Å²) >= 11 is 0. The number of benzene rings is 1. The largest absolute Gasteiger partial charge is 0.444 e. The number of rotatable bonds is 3. The average molecular weight is 275 g/mol. The van der Waals surface area contributed by atoms with Gasteiger partial charge in [-0.05, 0) is 25.1 Å². The van der Waals surface area contributed by atoms with E-state index in [1.165, 1.54) is 12.1 Å². The van der Waals surface area contributed by atoms with Crippen LogP contribution in [0, 0.1) is 5.82 Å². The third-order valence-corrected chi connectivity index (χ3v) is 3.46. The Morgan fingerprint density at radius 1 is 1.50 bits per heavy atom. The van der Waals surface area contributed by atoms with Crippen molar-refractivity contribution in [3.05, 3.63) is 42.0 Å². The summed E-state index contributed by atoms with van der Waals surface area (Å²) in [6.45, 7) is 5.95. The Morgan fingerprint density at radius 3 is 3.20 bits per heavy atom. The molecule has 1 saturated heterocycles. The van der Waals surface area contributed by atoms with Crippen LogP contribution in [0.15, 0.2) is 34.9 Å². The number of nitrogens with zero attached hydrogens (tertiary/aromatic N) is 2. The first-order valence-electron chi connectivity index (χ1n) is 6.87. The molecule has 5 heteroatoms. The molecule has 1 aliphatic rings. The number of aromatic nitrogens is 1. The van der Waals surface area contributed by atoms with Gasteiger partial charge >= 0.3 is 0 Å². The van der Waals surface area contributed by atoms with Crippen LogP contribution in [-0.2, 0) is 6.54 Å². The summed E-state index contributed by atoms with van der Waals surface area (Å²) in [6.07, 6.45) is 1.66. The first-order chi connectivity index (χ1) is 9.70. The van der Waals surface area contributed by atoms with Gasteiger partial charge in [-0.1, -0.05) is 6.07 Å². The molecule has 2 aromatic rings. The predicted octanol–water partition coefficient (Wildman–Crippen LogP) is 2.27. The van der Waals surface area contributed by atoms with Crippen LogP contribution in [0.25, 0.3) is 11.5 Å². The van der Waals surface area contributed by atoms with E-state index in [1.807, 2.05) is 0 Å². The number of nitrogens with one attached hydrogen (secondary N) is 1. The lowest BCUT2D eigenvalue weighted by molar-refractivity contribution is 0.197. The fourth-order valence-corrected chi connectivity index (χ4v) is 2.52. The monoisotopic (exact) mass is 275 g/mol. The maximum atomic E-state index is 13.2.